The molecule has 2 aromatic carbocycles. The minimum Gasteiger partial charge on any atom is -0.423 e. The lowest BCUT2D eigenvalue weighted by Gasteiger charge is -2.10. The van der Waals surface area contributed by atoms with E-state index in [0.29, 0.717) is 10.6 Å². The molecule has 0 aliphatic carbocycles. The van der Waals surface area contributed by atoms with Crippen LogP contribution >= 0.6 is 46.4 Å². The fourth-order valence-electron chi connectivity index (χ4n) is 1.77. The molecule has 2 aromatic rings. The first-order chi connectivity index (χ1) is 11.3. The molecule has 122 valence electrons. The van der Waals surface area contributed by atoms with Crippen LogP contribution in [0.5, 0.6) is 5.75 Å². The van der Waals surface area contributed by atoms with Gasteiger partial charge in [-0.1, -0.05) is 70.7 Å². The Bertz CT molecular complexity index is 800. The Balaban J connectivity index is 2.19. The number of halogens is 4. The predicted molar refractivity (Wildman–Crippen MR) is 97.3 cm³/mol. The number of benzene rings is 2. The molecule has 2 rings (SSSR count). The maximum absolute atomic E-state index is 11.5. The van der Waals surface area contributed by atoms with Gasteiger partial charge in [0.1, 0.15) is 5.75 Å². The Morgan fingerprint density at radius 2 is 1.62 bits per heavy atom. The lowest BCUT2D eigenvalue weighted by atomic mass is 10.0. The van der Waals surface area contributed by atoms with Gasteiger partial charge < -0.3 is 4.74 Å². The van der Waals surface area contributed by atoms with Crippen molar-refractivity contribution in [1.82, 2.24) is 0 Å². The van der Waals surface area contributed by atoms with Crippen LogP contribution < -0.4 is 4.74 Å². The van der Waals surface area contributed by atoms with Crippen LogP contribution in [0.3, 0.4) is 0 Å². The van der Waals surface area contributed by atoms with Gasteiger partial charge in [-0.25, -0.2) is 4.79 Å². The van der Waals surface area contributed by atoms with Crippen LogP contribution in [0.15, 0.2) is 48.5 Å². The van der Waals surface area contributed by atoms with Gasteiger partial charge in [-0.05, 0) is 41.5 Å². The zero-order chi connectivity index (χ0) is 17.7. The van der Waals surface area contributed by atoms with Gasteiger partial charge in [0.05, 0.1) is 11.6 Å². The summed E-state index contributed by atoms with van der Waals surface area (Å²) in [5.41, 5.74) is 1.96. The number of nitriles is 1. The second kappa shape index (κ2) is 7.92. The van der Waals surface area contributed by atoms with Gasteiger partial charge in [-0.3, -0.25) is 0 Å². The number of ether oxygens (including phenoxy) is 1. The fraction of sp³-hybridized carbons (Fsp3) is 0.0588. The van der Waals surface area contributed by atoms with Crippen molar-refractivity contribution in [3.63, 3.8) is 0 Å². The van der Waals surface area contributed by atoms with Crippen LogP contribution in [0.1, 0.15) is 11.1 Å². The summed E-state index contributed by atoms with van der Waals surface area (Å²) in [5.74, 6) is -0.761. The summed E-state index contributed by atoms with van der Waals surface area (Å²) >= 11 is 22.1. The van der Waals surface area contributed by atoms with E-state index in [0.717, 1.165) is 11.1 Å². The first-order valence-corrected chi connectivity index (χ1v) is 8.07. The summed E-state index contributed by atoms with van der Waals surface area (Å²) in [6, 6.07) is 15.5. The van der Waals surface area contributed by atoms with E-state index in [4.69, 9.17) is 51.1 Å². The standard InChI is InChI=1S/C17H9Cl4NO2/c18-14-5-3-12(4-6-14)13(10-22)9-11-1-7-15(8-2-11)24-16(23)17(19,20)21/h1-9H/b13-9-. The third-order valence-corrected chi connectivity index (χ3v) is 3.62. The van der Waals surface area contributed by atoms with Gasteiger partial charge >= 0.3 is 5.97 Å². The highest BCUT2D eigenvalue weighted by atomic mass is 35.6. The van der Waals surface area contributed by atoms with Crippen molar-refractivity contribution in [3.05, 3.63) is 64.7 Å². The summed E-state index contributed by atoms with van der Waals surface area (Å²) in [4.78, 5) is 11.5. The molecule has 0 unspecified atom stereocenters. The monoisotopic (exact) mass is 399 g/mol. The number of hydrogen-bond donors (Lipinski definition) is 0. The van der Waals surface area contributed by atoms with Crippen molar-refractivity contribution in [2.45, 2.75) is 3.79 Å². The Labute approximate surface area is 159 Å². The molecule has 0 heterocycles. The quantitative estimate of drug-likeness (QED) is 0.219. The molecule has 7 heteroatoms. The average molecular weight is 401 g/mol. The molecule has 24 heavy (non-hydrogen) atoms. The molecule has 0 fully saturated rings. The number of esters is 1. The Morgan fingerprint density at radius 3 is 2.12 bits per heavy atom. The van der Waals surface area contributed by atoms with Crippen LogP contribution in [0, 0.1) is 11.3 Å². The number of carbonyl (C=O) groups excluding carboxylic acids is 1. The third kappa shape index (κ3) is 5.15. The zero-order valence-electron chi connectivity index (χ0n) is 12.0. The van der Waals surface area contributed by atoms with Crippen LogP contribution in [-0.2, 0) is 4.79 Å². The molecule has 0 amide bonds. The normalized spacial score (nSPS) is 11.7. The molecule has 0 N–H and O–H groups in total. The molecule has 0 aromatic heterocycles. The summed E-state index contributed by atoms with van der Waals surface area (Å²) in [6.07, 6.45) is 1.70. The first-order valence-electron chi connectivity index (χ1n) is 6.56. The Kier molecular flexibility index (Phi) is 6.15. The summed E-state index contributed by atoms with van der Waals surface area (Å²) < 4.78 is 2.79. The molecule has 0 saturated heterocycles. The first kappa shape index (κ1) is 18.6. The van der Waals surface area contributed by atoms with Crippen molar-refractivity contribution in [1.29, 1.82) is 5.26 Å². The van der Waals surface area contributed by atoms with Crippen LogP contribution in [0.4, 0.5) is 0 Å². The summed E-state index contributed by atoms with van der Waals surface area (Å²) in [7, 11) is 0. The molecule has 0 aliphatic heterocycles. The van der Waals surface area contributed by atoms with Crippen molar-refractivity contribution < 1.29 is 9.53 Å². The minimum absolute atomic E-state index is 0.230. The average Bonchev–Trinajstić information content (AvgIpc) is 2.54. The summed E-state index contributed by atoms with van der Waals surface area (Å²) in [6.45, 7) is 0. The lowest BCUT2D eigenvalue weighted by molar-refractivity contribution is -0.133. The largest absolute Gasteiger partial charge is 0.423 e. The predicted octanol–water partition coefficient (Wildman–Crippen LogP) is 5.68. The van der Waals surface area contributed by atoms with Crippen molar-refractivity contribution in [2.24, 2.45) is 0 Å². The van der Waals surface area contributed by atoms with Crippen LogP contribution in [0.2, 0.25) is 5.02 Å². The fourth-order valence-corrected chi connectivity index (χ4v) is 2.01. The Morgan fingerprint density at radius 1 is 1.04 bits per heavy atom. The van der Waals surface area contributed by atoms with E-state index < -0.39 is 9.76 Å². The molecule has 0 bridgehead atoms. The molecule has 0 aliphatic rings. The smallest absolute Gasteiger partial charge is 0.363 e. The van der Waals surface area contributed by atoms with Crippen molar-refractivity contribution in [3.8, 4) is 11.8 Å². The second-order valence-electron chi connectivity index (χ2n) is 4.63. The van der Waals surface area contributed by atoms with Gasteiger partial charge in [0.2, 0.25) is 0 Å². The number of rotatable bonds is 3. The van der Waals surface area contributed by atoms with E-state index >= 15 is 0 Å². The van der Waals surface area contributed by atoms with Crippen LogP contribution in [0.25, 0.3) is 11.6 Å². The molecular weight excluding hydrogens is 392 g/mol. The molecular formula is C17H9Cl4NO2. The van der Waals surface area contributed by atoms with E-state index in [9.17, 15) is 10.1 Å². The zero-order valence-corrected chi connectivity index (χ0v) is 15.0. The highest BCUT2D eigenvalue weighted by molar-refractivity contribution is 6.75. The maximum Gasteiger partial charge on any atom is 0.363 e. The molecule has 0 atom stereocenters. The second-order valence-corrected chi connectivity index (χ2v) is 7.35. The van der Waals surface area contributed by atoms with Gasteiger partial charge in [0.25, 0.3) is 3.79 Å². The lowest BCUT2D eigenvalue weighted by Crippen LogP contribution is -2.24. The SMILES string of the molecule is N#C/C(=C/c1ccc(OC(=O)C(Cl)(Cl)Cl)cc1)c1ccc(Cl)cc1. The van der Waals surface area contributed by atoms with E-state index in [1.54, 1.807) is 42.5 Å². The number of alkyl halides is 3. The van der Waals surface area contributed by atoms with E-state index in [1.807, 2.05) is 0 Å². The van der Waals surface area contributed by atoms with E-state index in [1.165, 1.54) is 12.1 Å². The molecule has 0 radical (unpaired) electrons. The Hall–Kier alpha value is -1.70. The minimum atomic E-state index is -2.14. The topological polar surface area (TPSA) is 50.1 Å². The van der Waals surface area contributed by atoms with E-state index in [2.05, 4.69) is 6.07 Å². The number of carbonyl (C=O) groups is 1. The molecule has 0 spiro atoms. The van der Waals surface area contributed by atoms with E-state index in [-0.39, 0.29) is 5.75 Å². The van der Waals surface area contributed by atoms with Crippen molar-refractivity contribution >= 4 is 64.0 Å². The number of hydrogen-bond acceptors (Lipinski definition) is 3. The highest BCUT2D eigenvalue weighted by Gasteiger charge is 2.33. The summed E-state index contributed by atoms with van der Waals surface area (Å²) in [5, 5.41) is 9.90. The van der Waals surface area contributed by atoms with Gasteiger partial charge in [-0.2, -0.15) is 5.26 Å². The van der Waals surface area contributed by atoms with Crippen molar-refractivity contribution in [2.75, 3.05) is 0 Å². The number of allylic oxidation sites excluding steroid dienone is 1. The third-order valence-electron chi connectivity index (χ3n) is 2.91. The molecule has 0 saturated carbocycles. The van der Waals surface area contributed by atoms with Crippen LogP contribution in [-0.4, -0.2) is 9.76 Å². The molecule has 3 nitrogen and oxygen atoms in total. The van der Waals surface area contributed by atoms with Gasteiger partial charge in [-0.15, -0.1) is 0 Å². The highest BCUT2D eigenvalue weighted by Crippen LogP contribution is 2.29. The van der Waals surface area contributed by atoms with Gasteiger partial charge in [0.15, 0.2) is 0 Å². The maximum atomic E-state index is 11.5. The van der Waals surface area contributed by atoms with Gasteiger partial charge in [0, 0.05) is 5.02 Å². The number of nitrogens with zero attached hydrogens (tertiary/aromatic N) is 1.